The van der Waals surface area contributed by atoms with E-state index in [1.54, 1.807) is 0 Å². The molecule has 2 unspecified atom stereocenters. The maximum Gasteiger partial charge on any atom is 0.194 e. The van der Waals surface area contributed by atoms with E-state index in [1.165, 1.54) is 25.8 Å². The molecule has 0 spiro atoms. The molecule has 1 aromatic heterocycles. The van der Waals surface area contributed by atoms with Crippen molar-refractivity contribution in [3.05, 3.63) is 11.6 Å². The monoisotopic (exact) mass is 447 g/mol. The standard InChI is InChI=1S/C23H41N7O2/c1-4-29-11-5-7-19(29)15-24-23(25-16-22-27-26-18(2)28(22)3)30-12-9-20(10-13-30)32-17-21-8-6-14-31-21/h19-21H,4-17H2,1-3H3,(H,24,25). The summed E-state index contributed by atoms with van der Waals surface area (Å²) in [6, 6.07) is 0.592. The van der Waals surface area contributed by atoms with Gasteiger partial charge in [-0.05, 0) is 58.5 Å². The van der Waals surface area contributed by atoms with E-state index in [9.17, 15) is 0 Å². The summed E-state index contributed by atoms with van der Waals surface area (Å²) in [5.41, 5.74) is 0. The molecule has 3 aliphatic rings. The van der Waals surface area contributed by atoms with Crippen molar-refractivity contribution < 1.29 is 9.47 Å². The maximum absolute atomic E-state index is 6.17. The molecule has 32 heavy (non-hydrogen) atoms. The van der Waals surface area contributed by atoms with Crippen LogP contribution >= 0.6 is 0 Å². The zero-order valence-corrected chi connectivity index (χ0v) is 20.1. The van der Waals surface area contributed by atoms with Gasteiger partial charge < -0.3 is 24.3 Å². The van der Waals surface area contributed by atoms with E-state index >= 15 is 0 Å². The van der Waals surface area contributed by atoms with Gasteiger partial charge in [-0.1, -0.05) is 6.92 Å². The molecule has 4 rings (SSSR count). The third-order valence-corrected chi connectivity index (χ3v) is 7.24. The Bertz CT molecular complexity index is 739. The number of aliphatic imine (C=N–C) groups is 1. The molecule has 2 atom stereocenters. The van der Waals surface area contributed by atoms with Gasteiger partial charge in [0.2, 0.25) is 0 Å². The van der Waals surface area contributed by atoms with Crippen LogP contribution in [0.3, 0.4) is 0 Å². The van der Waals surface area contributed by atoms with Gasteiger partial charge in [0.15, 0.2) is 11.8 Å². The number of piperidine rings is 1. The summed E-state index contributed by atoms with van der Waals surface area (Å²) in [6.07, 6.45) is 7.53. The van der Waals surface area contributed by atoms with Crippen LogP contribution in [0.25, 0.3) is 0 Å². The molecular weight excluding hydrogens is 406 g/mol. The molecule has 3 saturated heterocycles. The average molecular weight is 448 g/mol. The third kappa shape index (κ3) is 5.99. The van der Waals surface area contributed by atoms with E-state index in [4.69, 9.17) is 14.5 Å². The number of hydrogen-bond acceptors (Lipinski definition) is 6. The fraction of sp³-hybridized carbons (Fsp3) is 0.870. The number of guanidine groups is 1. The molecule has 0 aliphatic carbocycles. The summed E-state index contributed by atoms with van der Waals surface area (Å²) >= 11 is 0. The van der Waals surface area contributed by atoms with Crippen LogP contribution in [0.5, 0.6) is 0 Å². The molecule has 4 heterocycles. The quantitative estimate of drug-likeness (QED) is 0.480. The van der Waals surface area contributed by atoms with Gasteiger partial charge in [0.25, 0.3) is 0 Å². The number of aromatic nitrogens is 3. The van der Waals surface area contributed by atoms with Crippen LogP contribution in [0, 0.1) is 6.92 Å². The van der Waals surface area contributed by atoms with Gasteiger partial charge in [-0.3, -0.25) is 4.90 Å². The van der Waals surface area contributed by atoms with Gasteiger partial charge in [0, 0.05) is 39.3 Å². The van der Waals surface area contributed by atoms with Crippen LogP contribution in [-0.2, 0) is 23.1 Å². The summed E-state index contributed by atoms with van der Waals surface area (Å²) in [7, 11) is 2.00. The average Bonchev–Trinajstić information content (AvgIpc) is 3.56. The topological polar surface area (TPSA) is 80.0 Å². The number of ether oxygens (including phenoxy) is 2. The zero-order chi connectivity index (χ0) is 22.3. The van der Waals surface area contributed by atoms with Crippen molar-refractivity contribution in [3.63, 3.8) is 0 Å². The highest BCUT2D eigenvalue weighted by atomic mass is 16.5. The number of rotatable bonds is 8. The van der Waals surface area contributed by atoms with Crippen molar-refractivity contribution in [1.82, 2.24) is 29.9 Å². The molecule has 1 aromatic rings. The Hall–Kier alpha value is -1.71. The molecule has 0 aromatic carbocycles. The summed E-state index contributed by atoms with van der Waals surface area (Å²) in [5, 5.41) is 12.2. The number of aryl methyl sites for hydroxylation is 1. The minimum Gasteiger partial charge on any atom is -0.376 e. The Morgan fingerprint density at radius 3 is 2.69 bits per heavy atom. The minimum absolute atomic E-state index is 0.301. The van der Waals surface area contributed by atoms with Gasteiger partial charge in [-0.15, -0.1) is 10.2 Å². The minimum atomic E-state index is 0.301. The predicted molar refractivity (Wildman–Crippen MR) is 125 cm³/mol. The van der Waals surface area contributed by atoms with E-state index in [-0.39, 0.29) is 0 Å². The summed E-state index contributed by atoms with van der Waals surface area (Å²) in [6.45, 7) is 11.6. The van der Waals surface area contributed by atoms with Crippen molar-refractivity contribution in [2.75, 3.05) is 45.9 Å². The maximum atomic E-state index is 6.17. The van der Waals surface area contributed by atoms with Crippen molar-refractivity contribution >= 4 is 5.96 Å². The fourth-order valence-corrected chi connectivity index (χ4v) is 5.01. The highest BCUT2D eigenvalue weighted by molar-refractivity contribution is 5.80. The second kappa shape index (κ2) is 11.4. The third-order valence-electron chi connectivity index (χ3n) is 7.24. The molecule has 9 heteroatoms. The van der Waals surface area contributed by atoms with E-state index in [0.717, 1.165) is 76.3 Å². The first-order valence-corrected chi connectivity index (χ1v) is 12.5. The van der Waals surface area contributed by atoms with Crippen LogP contribution < -0.4 is 5.32 Å². The molecule has 9 nitrogen and oxygen atoms in total. The van der Waals surface area contributed by atoms with Gasteiger partial charge in [-0.2, -0.15) is 0 Å². The van der Waals surface area contributed by atoms with Gasteiger partial charge in [-0.25, -0.2) is 4.99 Å². The second-order valence-electron chi connectivity index (χ2n) is 9.32. The zero-order valence-electron chi connectivity index (χ0n) is 20.1. The number of nitrogens with one attached hydrogen (secondary N) is 1. The molecule has 0 saturated carbocycles. The number of hydrogen-bond donors (Lipinski definition) is 1. The smallest absolute Gasteiger partial charge is 0.194 e. The first-order chi connectivity index (χ1) is 15.6. The first-order valence-electron chi connectivity index (χ1n) is 12.5. The normalized spacial score (nSPS) is 25.7. The lowest BCUT2D eigenvalue weighted by Gasteiger charge is -2.35. The van der Waals surface area contributed by atoms with E-state index in [2.05, 4.69) is 32.2 Å². The van der Waals surface area contributed by atoms with Gasteiger partial charge >= 0.3 is 0 Å². The summed E-state index contributed by atoms with van der Waals surface area (Å²) in [5.74, 6) is 2.80. The van der Waals surface area contributed by atoms with E-state index in [1.807, 2.05) is 18.5 Å². The van der Waals surface area contributed by atoms with Crippen LogP contribution in [0.15, 0.2) is 4.99 Å². The second-order valence-corrected chi connectivity index (χ2v) is 9.32. The molecule has 3 aliphatic heterocycles. The van der Waals surface area contributed by atoms with Crippen LogP contribution in [-0.4, -0.2) is 94.7 Å². The lowest BCUT2D eigenvalue weighted by molar-refractivity contribution is -0.0367. The Labute approximate surface area is 192 Å². The Morgan fingerprint density at radius 2 is 2.00 bits per heavy atom. The first kappa shape index (κ1) is 23.4. The van der Waals surface area contributed by atoms with Crippen LogP contribution in [0.4, 0.5) is 0 Å². The van der Waals surface area contributed by atoms with E-state index in [0.29, 0.717) is 24.8 Å². The van der Waals surface area contributed by atoms with Gasteiger partial charge in [0.1, 0.15) is 12.4 Å². The molecule has 0 radical (unpaired) electrons. The Balaban J connectivity index is 1.33. The lowest BCUT2D eigenvalue weighted by atomic mass is 10.1. The molecule has 3 fully saturated rings. The Morgan fingerprint density at radius 1 is 1.16 bits per heavy atom. The highest BCUT2D eigenvalue weighted by Gasteiger charge is 2.27. The van der Waals surface area contributed by atoms with Crippen molar-refractivity contribution in [2.45, 2.75) is 77.2 Å². The van der Waals surface area contributed by atoms with Crippen molar-refractivity contribution in [3.8, 4) is 0 Å². The number of nitrogens with zero attached hydrogens (tertiary/aromatic N) is 6. The largest absolute Gasteiger partial charge is 0.376 e. The SMILES string of the molecule is CCN1CCCC1CNC(=NCc1nnc(C)n1C)N1CCC(OCC2CCCO2)CC1. The van der Waals surface area contributed by atoms with Crippen molar-refractivity contribution in [1.29, 1.82) is 0 Å². The molecule has 180 valence electrons. The molecule has 1 N–H and O–H groups in total. The molecular formula is C23H41N7O2. The highest BCUT2D eigenvalue weighted by Crippen LogP contribution is 2.19. The number of likely N-dealkylation sites (N-methyl/N-ethyl adjacent to an activating group) is 1. The fourth-order valence-electron chi connectivity index (χ4n) is 5.01. The van der Waals surface area contributed by atoms with Gasteiger partial charge in [0.05, 0.1) is 18.8 Å². The van der Waals surface area contributed by atoms with E-state index < -0.39 is 0 Å². The van der Waals surface area contributed by atoms with Crippen molar-refractivity contribution in [2.24, 2.45) is 12.0 Å². The summed E-state index contributed by atoms with van der Waals surface area (Å²) in [4.78, 5) is 9.93. The lowest BCUT2D eigenvalue weighted by Crippen LogP contribution is -2.50. The Kier molecular flexibility index (Phi) is 8.37. The molecule has 0 amide bonds. The van der Waals surface area contributed by atoms with Crippen LogP contribution in [0.2, 0.25) is 0 Å². The van der Waals surface area contributed by atoms with Crippen LogP contribution in [0.1, 0.15) is 57.1 Å². The number of likely N-dealkylation sites (tertiary alicyclic amines) is 2. The summed E-state index contributed by atoms with van der Waals surface area (Å²) < 4.78 is 13.9. The molecule has 0 bridgehead atoms. The predicted octanol–water partition coefficient (Wildman–Crippen LogP) is 1.71.